The van der Waals surface area contributed by atoms with Crippen LogP contribution in [0.3, 0.4) is 0 Å². The van der Waals surface area contributed by atoms with Crippen molar-refractivity contribution in [1.29, 1.82) is 0 Å². The fourth-order valence-corrected chi connectivity index (χ4v) is 3.17. The van der Waals surface area contributed by atoms with Gasteiger partial charge in [0, 0.05) is 24.7 Å². The summed E-state index contributed by atoms with van der Waals surface area (Å²) < 4.78 is 36.2. The number of rotatable bonds is 9. The van der Waals surface area contributed by atoms with E-state index in [-0.39, 0.29) is 13.0 Å². The molecule has 1 unspecified atom stereocenters. The summed E-state index contributed by atoms with van der Waals surface area (Å²) in [6.45, 7) is 6.04. The third kappa shape index (κ3) is 5.49. The minimum absolute atomic E-state index is 0.0782. The number of esters is 1. The molecule has 1 heterocycles. The zero-order valence-corrected chi connectivity index (χ0v) is 18.1. The van der Waals surface area contributed by atoms with E-state index in [0.29, 0.717) is 35.3 Å². The Hall–Kier alpha value is -3.19. The molecule has 0 aliphatic rings. The van der Waals surface area contributed by atoms with E-state index in [1.54, 1.807) is 19.1 Å². The van der Waals surface area contributed by atoms with E-state index in [2.05, 4.69) is 4.98 Å². The average molecular weight is 427 g/mol. The highest BCUT2D eigenvalue weighted by Gasteiger charge is 2.22. The van der Waals surface area contributed by atoms with Crippen molar-refractivity contribution in [3.8, 4) is 17.2 Å². The molecule has 1 aromatic heterocycles. The van der Waals surface area contributed by atoms with Crippen LogP contribution in [0.15, 0.2) is 46.9 Å². The first-order valence-electron chi connectivity index (χ1n) is 10.1. The Bertz CT molecular complexity index is 1050. The van der Waals surface area contributed by atoms with Crippen LogP contribution in [0.4, 0.5) is 4.39 Å². The van der Waals surface area contributed by atoms with Crippen molar-refractivity contribution in [3.05, 3.63) is 70.9 Å². The van der Waals surface area contributed by atoms with Gasteiger partial charge in [0.1, 0.15) is 29.6 Å². The smallest absolute Gasteiger partial charge is 0.335 e. The van der Waals surface area contributed by atoms with Crippen LogP contribution in [0.5, 0.6) is 5.75 Å². The lowest BCUT2D eigenvalue weighted by molar-refractivity contribution is -0.153. The van der Waals surface area contributed by atoms with Gasteiger partial charge in [-0.1, -0.05) is 24.3 Å². The first-order valence-corrected chi connectivity index (χ1v) is 10.1. The molecule has 7 heteroatoms. The zero-order chi connectivity index (χ0) is 22.4. The van der Waals surface area contributed by atoms with E-state index >= 15 is 0 Å². The SMILES string of the molecule is CCOC(Cc1ccc(OCc2nc(-c3ccccc3C)oc2C)cc1F)C(=O)OC. The molecule has 0 N–H and O–H groups in total. The third-order valence-electron chi connectivity index (χ3n) is 4.91. The lowest BCUT2D eigenvalue weighted by atomic mass is 10.1. The van der Waals surface area contributed by atoms with Gasteiger partial charge < -0.3 is 18.6 Å². The number of carbonyl (C=O) groups excluding carboxylic acids is 1. The molecule has 0 saturated carbocycles. The maximum Gasteiger partial charge on any atom is 0.335 e. The second-order valence-electron chi connectivity index (χ2n) is 7.05. The molecule has 1 atom stereocenters. The predicted octanol–water partition coefficient (Wildman–Crippen LogP) is 4.80. The Morgan fingerprint density at radius 1 is 1.19 bits per heavy atom. The highest BCUT2D eigenvalue weighted by atomic mass is 19.1. The highest BCUT2D eigenvalue weighted by Crippen LogP contribution is 2.26. The molecular weight excluding hydrogens is 401 g/mol. The lowest BCUT2D eigenvalue weighted by Gasteiger charge is -2.15. The van der Waals surface area contributed by atoms with Crippen LogP contribution in [0.2, 0.25) is 0 Å². The second kappa shape index (κ2) is 10.2. The van der Waals surface area contributed by atoms with Gasteiger partial charge in [0.25, 0.3) is 0 Å². The molecule has 3 aromatic rings. The van der Waals surface area contributed by atoms with Gasteiger partial charge in [0.05, 0.1) is 7.11 Å². The summed E-state index contributed by atoms with van der Waals surface area (Å²) in [4.78, 5) is 16.3. The van der Waals surface area contributed by atoms with E-state index in [0.717, 1.165) is 11.1 Å². The van der Waals surface area contributed by atoms with Gasteiger partial charge in [-0.15, -0.1) is 0 Å². The van der Waals surface area contributed by atoms with E-state index in [1.807, 2.05) is 38.1 Å². The summed E-state index contributed by atoms with van der Waals surface area (Å²) in [6.07, 6.45) is -0.775. The fourth-order valence-electron chi connectivity index (χ4n) is 3.17. The van der Waals surface area contributed by atoms with Crippen molar-refractivity contribution in [3.63, 3.8) is 0 Å². The first-order chi connectivity index (χ1) is 14.9. The number of hydrogen-bond acceptors (Lipinski definition) is 6. The summed E-state index contributed by atoms with van der Waals surface area (Å²) in [5.74, 6) is 0.511. The van der Waals surface area contributed by atoms with Crippen molar-refractivity contribution in [1.82, 2.24) is 4.98 Å². The number of halogens is 1. The summed E-state index contributed by atoms with van der Waals surface area (Å²) in [5, 5.41) is 0. The largest absolute Gasteiger partial charge is 0.487 e. The molecule has 0 bridgehead atoms. The first kappa shape index (κ1) is 22.5. The number of ether oxygens (including phenoxy) is 3. The molecule has 0 radical (unpaired) electrons. The van der Waals surface area contributed by atoms with Gasteiger partial charge in [-0.25, -0.2) is 14.2 Å². The molecule has 164 valence electrons. The molecule has 0 saturated heterocycles. The van der Waals surface area contributed by atoms with E-state index in [4.69, 9.17) is 18.6 Å². The van der Waals surface area contributed by atoms with Gasteiger partial charge in [0.15, 0.2) is 6.10 Å². The number of aromatic nitrogens is 1. The number of hydrogen-bond donors (Lipinski definition) is 0. The molecular formula is C24H26FNO5. The summed E-state index contributed by atoms with van der Waals surface area (Å²) in [7, 11) is 1.28. The summed E-state index contributed by atoms with van der Waals surface area (Å²) >= 11 is 0. The van der Waals surface area contributed by atoms with Crippen LogP contribution >= 0.6 is 0 Å². The van der Waals surface area contributed by atoms with Gasteiger partial charge >= 0.3 is 5.97 Å². The number of methoxy groups -OCH3 is 1. The van der Waals surface area contributed by atoms with Crippen LogP contribution in [-0.2, 0) is 27.3 Å². The summed E-state index contributed by atoms with van der Waals surface area (Å²) in [5.41, 5.74) is 2.97. The van der Waals surface area contributed by atoms with Crippen LogP contribution in [0.25, 0.3) is 11.5 Å². The molecule has 0 aliphatic carbocycles. The molecule has 3 rings (SSSR count). The molecule has 0 spiro atoms. The number of benzene rings is 2. The van der Waals surface area contributed by atoms with Crippen molar-refractivity contribution < 1.29 is 27.8 Å². The van der Waals surface area contributed by atoms with Crippen molar-refractivity contribution in [2.45, 2.75) is 39.9 Å². The van der Waals surface area contributed by atoms with Crippen LogP contribution in [0.1, 0.15) is 29.5 Å². The highest BCUT2D eigenvalue weighted by molar-refractivity contribution is 5.75. The van der Waals surface area contributed by atoms with Crippen LogP contribution in [0, 0.1) is 19.7 Å². The number of carbonyl (C=O) groups is 1. The lowest BCUT2D eigenvalue weighted by Crippen LogP contribution is -2.28. The molecule has 0 aliphatic heterocycles. The second-order valence-corrected chi connectivity index (χ2v) is 7.05. The topological polar surface area (TPSA) is 70.8 Å². The van der Waals surface area contributed by atoms with Gasteiger partial charge in [0.2, 0.25) is 5.89 Å². The number of aryl methyl sites for hydroxylation is 2. The van der Waals surface area contributed by atoms with E-state index < -0.39 is 17.9 Å². The maximum absolute atomic E-state index is 14.6. The Labute approximate surface area is 181 Å². The van der Waals surface area contributed by atoms with Gasteiger partial charge in [-0.05, 0) is 44.0 Å². The Balaban J connectivity index is 1.68. The van der Waals surface area contributed by atoms with Crippen molar-refractivity contribution in [2.24, 2.45) is 0 Å². The van der Waals surface area contributed by atoms with Crippen LogP contribution in [-0.4, -0.2) is 30.8 Å². The minimum atomic E-state index is -0.853. The molecule has 31 heavy (non-hydrogen) atoms. The maximum atomic E-state index is 14.6. The van der Waals surface area contributed by atoms with Crippen molar-refractivity contribution >= 4 is 5.97 Å². The zero-order valence-electron chi connectivity index (χ0n) is 18.1. The predicted molar refractivity (Wildman–Crippen MR) is 113 cm³/mol. The summed E-state index contributed by atoms with van der Waals surface area (Å²) in [6, 6.07) is 12.3. The Kier molecular flexibility index (Phi) is 7.41. The standard InChI is InChI=1S/C24H26FNO5/c1-5-29-22(24(27)28-4)12-17-10-11-18(13-20(17)25)30-14-21-16(3)31-23(26-21)19-9-7-6-8-15(19)2/h6-11,13,22H,5,12,14H2,1-4H3. The molecule has 6 nitrogen and oxygen atoms in total. The number of nitrogens with zero attached hydrogens (tertiary/aromatic N) is 1. The average Bonchev–Trinajstić information content (AvgIpc) is 3.13. The molecule has 0 amide bonds. The quantitative estimate of drug-likeness (QED) is 0.457. The fraction of sp³-hybridized carbons (Fsp3) is 0.333. The number of oxazole rings is 1. The van der Waals surface area contributed by atoms with E-state index in [9.17, 15) is 9.18 Å². The Morgan fingerprint density at radius 2 is 1.97 bits per heavy atom. The van der Waals surface area contributed by atoms with Gasteiger partial charge in [-0.3, -0.25) is 0 Å². The van der Waals surface area contributed by atoms with Gasteiger partial charge in [-0.2, -0.15) is 0 Å². The molecule has 2 aromatic carbocycles. The Morgan fingerprint density at radius 3 is 2.65 bits per heavy atom. The van der Waals surface area contributed by atoms with Crippen LogP contribution < -0.4 is 4.74 Å². The third-order valence-corrected chi connectivity index (χ3v) is 4.91. The minimum Gasteiger partial charge on any atom is -0.487 e. The van der Waals surface area contributed by atoms with Crippen molar-refractivity contribution in [2.75, 3.05) is 13.7 Å². The molecule has 0 fully saturated rings. The normalized spacial score (nSPS) is 11.9. The monoisotopic (exact) mass is 427 g/mol. The van der Waals surface area contributed by atoms with E-state index in [1.165, 1.54) is 13.2 Å².